The molecule has 2 saturated heterocycles. The van der Waals surface area contributed by atoms with Crippen molar-refractivity contribution in [2.24, 2.45) is 22.9 Å². The lowest BCUT2D eigenvalue weighted by atomic mass is 9.84. The van der Waals surface area contributed by atoms with Crippen LogP contribution in [0.5, 0.6) is 0 Å². The van der Waals surface area contributed by atoms with Crippen LogP contribution < -0.4 is 22.9 Å². The van der Waals surface area contributed by atoms with Crippen molar-refractivity contribution in [2.75, 3.05) is 13.2 Å². The van der Waals surface area contributed by atoms with E-state index in [-0.39, 0.29) is 13.0 Å². The summed E-state index contributed by atoms with van der Waals surface area (Å²) in [7, 11) is 0. The van der Waals surface area contributed by atoms with Gasteiger partial charge in [0.05, 0.1) is 12.6 Å². The van der Waals surface area contributed by atoms with Crippen molar-refractivity contribution >= 4 is 0 Å². The SMILES string of the molecule is NC[C@H]1O[C@@H](OC2C(O)[C@H](O[C@H]3OC(CO)[C@@H](O)C(O)C3N)C(N)C[C@H]2N)[C@@H](O)C1O. The molecule has 3 aliphatic rings. The number of hydrogen-bond acceptors (Lipinski definition) is 14. The first-order chi connectivity index (χ1) is 14.6. The predicted octanol–water partition coefficient (Wildman–Crippen LogP) is -6.65. The van der Waals surface area contributed by atoms with Crippen molar-refractivity contribution in [3.63, 3.8) is 0 Å². The average molecular weight is 454 g/mol. The highest BCUT2D eigenvalue weighted by Crippen LogP contribution is 2.31. The molecule has 14 N–H and O–H groups in total. The smallest absolute Gasteiger partial charge is 0.187 e. The van der Waals surface area contributed by atoms with Gasteiger partial charge in [-0.15, -0.1) is 0 Å². The zero-order valence-electron chi connectivity index (χ0n) is 16.8. The quantitative estimate of drug-likeness (QED) is 0.179. The Bertz CT molecular complexity index is 591. The first-order valence-electron chi connectivity index (χ1n) is 10.2. The first-order valence-corrected chi connectivity index (χ1v) is 10.2. The topological polar surface area (TPSA) is 262 Å². The second kappa shape index (κ2) is 10.1. The van der Waals surface area contributed by atoms with Crippen molar-refractivity contribution in [1.82, 2.24) is 0 Å². The van der Waals surface area contributed by atoms with Crippen LogP contribution in [-0.2, 0) is 18.9 Å². The summed E-state index contributed by atoms with van der Waals surface area (Å²) in [5.74, 6) is 0. The summed E-state index contributed by atoms with van der Waals surface area (Å²) in [4.78, 5) is 0. The molecule has 14 atom stereocenters. The van der Waals surface area contributed by atoms with Gasteiger partial charge in [0.15, 0.2) is 12.6 Å². The molecule has 7 unspecified atom stereocenters. The Hall–Kier alpha value is -0.560. The highest BCUT2D eigenvalue weighted by molar-refractivity contribution is 5.01. The van der Waals surface area contributed by atoms with E-state index in [0.717, 1.165) is 0 Å². The number of rotatable bonds is 6. The monoisotopic (exact) mass is 454 g/mol. The average Bonchev–Trinajstić information content (AvgIpc) is 3.01. The molecule has 0 aromatic rings. The summed E-state index contributed by atoms with van der Waals surface area (Å²) in [5, 5.41) is 60.3. The van der Waals surface area contributed by atoms with E-state index in [0.29, 0.717) is 0 Å². The lowest BCUT2D eigenvalue weighted by Crippen LogP contribution is -2.67. The Morgan fingerprint density at radius 2 is 1.23 bits per heavy atom. The normalized spacial score (nSPS) is 53.6. The Morgan fingerprint density at radius 1 is 0.710 bits per heavy atom. The summed E-state index contributed by atoms with van der Waals surface area (Å²) in [6.07, 6.45) is -13.6. The lowest BCUT2D eigenvalue weighted by molar-refractivity contribution is -0.301. The summed E-state index contributed by atoms with van der Waals surface area (Å²) < 4.78 is 22.2. The van der Waals surface area contributed by atoms with Crippen molar-refractivity contribution in [3.8, 4) is 0 Å². The highest BCUT2D eigenvalue weighted by Gasteiger charge is 2.51. The zero-order chi connectivity index (χ0) is 23.0. The third-order valence-electron chi connectivity index (χ3n) is 6.12. The van der Waals surface area contributed by atoms with Crippen LogP contribution in [0.2, 0.25) is 0 Å². The fourth-order valence-electron chi connectivity index (χ4n) is 4.20. The van der Waals surface area contributed by atoms with Crippen LogP contribution in [0.4, 0.5) is 0 Å². The number of nitrogens with two attached hydrogens (primary N) is 4. The molecule has 0 amide bonds. The minimum Gasteiger partial charge on any atom is -0.394 e. The van der Waals surface area contributed by atoms with Crippen molar-refractivity contribution in [2.45, 2.75) is 92.1 Å². The van der Waals surface area contributed by atoms with E-state index in [1.54, 1.807) is 0 Å². The number of ether oxygens (including phenoxy) is 4. The molecule has 0 aromatic carbocycles. The Balaban J connectivity index is 1.70. The third kappa shape index (κ3) is 4.87. The van der Waals surface area contributed by atoms with E-state index in [1.807, 2.05) is 0 Å². The van der Waals surface area contributed by atoms with Gasteiger partial charge in [0.1, 0.15) is 54.9 Å². The molecule has 0 aromatic heterocycles. The maximum Gasteiger partial charge on any atom is 0.187 e. The van der Waals surface area contributed by atoms with E-state index >= 15 is 0 Å². The van der Waals surface area contributed by atoms with Gasteiger partial charge in [0.25, 0.3) is 0 Å². The highest BCUT2D eigenvalue weighted by atomic mass is 16.7. The van der Waals surface area contributed by atoms with Crippen molar-refractivity contribution in [3.05, 3.63) is 0 Å². The Kier molecular flexibility index (Phi) is 8.21. The molecule has 1 aliphatic carbocycles. The van der Waals surface area contributed by atoms with Crippen molar-refractivity contribution in [1.29, 1.82) is 0 Å². The Labute approximate surface area is 178 Å². The van der Waals surface area contributed by atoms with Gasteiger partial charge in [0, 0.05) is 18.6 Å². The van der Waals surface area contributed by atoms with Gasteiger partial charge in [-0.2, -0.15) is 0 Å². The van der Waals surface area contributed by atoms with E-state index in [9.17, 15) is 30.6 Å². The molecule has 0 spiro atoms. The third-order valence-corrected chi connectivity index (χ3v) is 6.12. The van der Waals surface area contributed by atoms with Gasteiger partial charge in [-0.25, -0.2) is 0 Å². The summed E-state index contributed by atoms with van der Waals surface area (Å²) in [6.45, 7) is -0.646. The van der Waals surface area contributed by atoms with E-state index in [1.165, 1.54) is 0 Å². The minimum absolute atomic E-state index is 0.0505. The van der Waals surface area contributed by atoms with Crippen LogP contribution in [0, 0.1) is 0 Å². The first kappa shape index (κ1) is 25.1. The van der Waals surface area contributed by atoms with Gasteiger partial charge in [-0.1, -0.05) is 0 Å². The molecular weight excluding hydrogens is 420 g/mol. The number of aliphatic hydroxyl groups is 6. The predicted molar refractivity (Wildman–Crippen MR) is 102 cm³/mol. The lowest BCUT2D eigenvalue weighted by Gasteiger charge is -2.46. The summed E-state index contributed by atoms with van der Waals surface area (Å²) in [5.41, 5.74) is 23.6. The number of hydrogen-bond donors (Lipinski definition) is 10. The molecule has 3 rings (SSSR count). The van der Waals surface area contributed by atoms with E-state index in [2.05, 4.69) is 0 Å². The fourth-order valence-corrected chi connectivity index (χ4v) is 4.20. The standard InChI is InChI=1S/C17H34N4O10/c18-2-6-9(23)12(26)17(28-6)31-15-5(20)1-4(19)14(13(15)27)30-16-8(21)11(25)10(24)7(3-22)29-16/h4-17,22-27H,1-3,18-21H2/t4?,5-,6-,7?,8?,9?,10-,11?,12+,13?,14-,15?,16-,17+/m1/s1. The molecule has 3 fully saturated rings. The summed E-state index contributed by atoms with van der Waals surface area (Å²) in [6, 6.07) is -2.71. The van der Waals surface area contributed by atoms with E-state index < -0.39 is 92.2 Å². The van der Waals surface area contributed by atoms with Gasteiger partial charge in [-0.3, -0.25) is 0 Å². The maximum atomic E-state index is 10.9. The van der Waals surface area contributed by atoms with Crippen LogP contribution >= 0.6 is 0 Å². The molecule has 0 radical (unpaired) electrons. The zero-order valence-corrected chi connectivity index (χ0v) is 16.8. The molecule has 2 heterocycles. The largest absolute Gasteiger partial charge is 0.394 e. The van der Waals surface area contributed by atoms with Crippen LogP contribution in [0.1, 0.15) is 6.42 Å². The molecule has 0 bridgehead atoms. The summed E-state index contributed by atoms with van der Waals surface area (Å²) >= 11 is 0. The van der Waals surface area contributed by atoms with Crippen LogP contribution in [-0.4, -0.2) is 129 Å². The maximum absolute atomic E-state index is 10.9. The molecule has 2 aliphatic heterocycles. The van der Waals surface area contributed by atoms with Gasteiger partial charge >= 0.3 is 0 Å². The second-order valence-electron chi connectivity index (χ2n) is 8.30. The van der Waals surface area contributed by atoms with Crippen molar-refractivity contribution < 1.29 is 49.6 Å². The fraction of sp³-hybridized carbons (Fsp3) is 1.00. The van der Waals surface area contributed by atoms with Gasteiger partial charge in [-0.05, 0) is 6.42 Å². The minimum atomic E-state index is -1.45. The Morgan fingerprint density at radius 3 is 1.74 bits per heavy atom. The molecule has 14 nitrogen and oxygen atoms in total. The molecule has 14 heteroatoms. The van der Waals surface area contributed by atoms with E-state index in [4.69, 9.17) is 41.9 Å². The second-order valence-corrected chi connectivity index (χ2v) is 8.30. The number of aliphatic hydroxyl groups excluding tert-OH is 6. The van der Waals surface area contributed by atoms with Crippen LogP contribution in [0.3, 0.4) is 0 Å². The van der Waals surface area contributed by atoms with Gasteiger partial charge in [0.2, 0.25) is 0 Å². The van der Waals surface area contributed by atoms with Crippen LogP contribution in [0.25, 0.3) is 0 Å². The molecular formula is C17H34N4O10. The molecule has 31 heavy (non-hydrogen) atoms. The van der Waals surface area contributed by atoms with Gasteiger partial charge < -0.3 is 72.5 Å². The molecule has 1 saturated carbocycles. The van der Waals surface area contributed by atoms with Crippen LogP contribution in [0.15, 0.2) is 0 Å². The molecule has 182 valence electrons.